The molecular weight excluding hydrogens is 289 g/mol. The summed E-state index contributed by atoms with van der Waals surface area (Å²) in [7, 11) is 0. The van der Waals surface area contributed by atoms with Gasteiger partial charge in [-0.15, -0.1) is 0 Å². The second-order valence-corrected chi connectivity index (χ2v) is 5.18. The topological polar surface area (TPSA) is 47.3 Å². The van der Waals surface area contributed by atoms with Crippen LogP contribution in [0, 0.1) is 0 Å². The van der Waals surface area contributed by atoms with Crippen molar-refractivity contribution in [2.45, 2.75) is 31.7 Å². The van der Waals surface area contributed by atoms with Gasteiger partial charge in [0.25, 0.3) is 0 Å². The fourth-order valence-corrected chi connectivity index (χ4v) is 2.40. The van der Waals surface area contributed by atoms with Gasteiger partial charge in [-0.2, -0.15) is 13.2 Å². The minimum atomic E-state index is -4.49. The summed E-state index contributed by atoms with van der Waals surface area (Å²) >= 11 is 4.66. The lowest BCUT2D eigenvalue weighted by molar-refractivity contribution is -0.137. The van der Waals surface area contributed by atoms with Gasteiger partial charge >= 0.3 is 6.18 Å². The lowest BCUT2D eigenvalue weighted by atomic mass is 10.0. The van der Waals surface area contributed by atoms with Gasteiger partial charge in [0.15, 0.2) is 0 Å². The van der Waals surface area contributed by atoms with Gasteiger partial charge in [0.05, 0.1) is 17.7 Å². The highest BCUT2D eigenvalue weighted by Gasteiger charge is 2.34. The van der Waals surface area contributed by atoms with Crippen LogP contribution in [-0.4, -0.2) is 23.7 Å². The SMILES string of the molecule is CC1OCCC1Nc1ccc(C(N)=S)c(C(F)(F)F)c1. The highest BCUT2D eigenvalue weighted by Crippen LogP contribution is 2.34. The number of rotatable bonds is 3. The van der Waals surface area contributed by atoms with E-state index in [2.05, 4.69) is 17.5 Å². The van der Waals surface area contributed by atoms with E-state index >= 15 is 0 Å². The largest absolute Gasteiger partial charge is 0.417 e. The van der Waals surface area contributed by atoms with E-state index in [1.54, 1.807) is 6.07 Å². The highest BCUT2D eigenvalue weighted by molar-refractivity contribution is 7.80. The molecule has 1 aromatic rings. The molecule has 1 aromatic carbocycles. The molecule has 0 spiro atoms. The summed E-state index contributed by atoms with van der Waals surface area (Å²) < 4.78 is 44.4. The van der Waals surface area contributed by atoms with Crippen molar-refractivity contribution in [1.82, 2.24) is 0 Å². The number of nitrogens with one attached hydrogen (secondary N) is 1. The van der Waals surface area contributed by atoms with Gasteiger partial charge in [-0.3, -0.25) is 0 Å². The van der Waals surface area contributed by atoms with Gasteiger partial charge in [0.2, 0.25) is 0 Å². The fraction of sp³-hybridized carbons (Fsp3) is 0.462. The maximum atomic E-state index is 13.0. The van der Waals surface area contributed by atoms with Crippen LogP contribution in [-0.2, 0) is 10.9 Å². The fourth-order valence-electron chi connectivity index (χ4n) is 2.22. The first kappa shape index (κ1) is 15.1. The monoisotopic (exact) mass is 304 g/mol. The van der Waals surface area contributed by atoms with Crippen molar-refractivity contribution in [1.29, 1.82) is 0 Å². The van der Waals surface area contributed by atoms with Crippen molar-refractivity contribution >= 4 is 22.9 Å². The Hall–Kier alpha value is -1.34. The number of thiocarbonyl (C=S) groups is 1. The molecule has 1 saturated heterocycles. The summed E-state index contributed by atoms with van der Waals surface area (Å²) in [4.78, 5) is -0.263. The van der Waals surface area contributed by atoms with Crippen molar-refractivity contribution in [2.75, 3.05) is 11.9 Å². The van der Waals surface area contributed by atoms with Crippen LogP contribution in [0.25, 0.3) is 0 Å². The molecule has 1 heterocycles. The third kappa shape index (κ3) is 3.21. The molecule has 2 atom stereocenters. The van der Waals surface area contributed by atoms with Crippen LogP contribution < -0.4 is 11.1 Å². The number of hydrogen-bond donors (Lipinski definition) is 2. The van der Waals surface area contributed by atoms with E-state index in [0.717, 1.165) is 12.5 Å². The number of ether oxygens (including phenoxy) is 1. The van der Waals surface area contributed by atoms with E-state index in [1.165, 1.54) is 6.07 Å². The van der Waals surface area contributed by atoms with E-state index in [-0.39, 0.29) is 22.7 Å². The van der Waals surface area contributed by atoms with Gasteiger partial charge in [0, 0.05) is 17.9 Å². The molecule has 0 radical (unpaired) electrons. The van der Waals surface area contributed by atoms with Crippen molar-refractivity contribution in [2.24, 2.45) is 5.73 Å². The Labute approximate surface area is 120 Å². The average Bonchev–Trinajstić information content (AvgIpc) is 2.73. The van der Waals surface area contributed by atoms with E-state index in [4.69, 9.17) is 10.5 Å². The minimum Gasteiger partial charge on any atom is -0.389 e. The number of nitrogens with two attached hydrogens (primary N) is 1. The highest BCUT2D eigenvalue weighted by atomic mass is 32.1. The van der Waals surface area contributed by atoms with Crippen LogP contribution in [0.4, 0.5) is 18.9 Å². The van der Waals surface area contributed by atoms with Gasteiger partial charge in [0.1, 0.15) is 4.99 Å². The lowest BCUT2D eigenvalue weighted by Crippen LogP contribution is -2.27. The Morgan fingerprint density at radius 3 is 2.65 bits per heavy atom. The standard InChI is InChI=1S/C13H15F3N2OS/c1-7-11(4-5-19-7)18-8-2-3-9(12(17)20)10(6-8)13(14,15)16/h2-3,6-7,11,18H,4-5H2,1H3,(H2,17,20). The van der Waals surface area contributed by atoms with E-state index in [1.807, 2.05) is 6.92 Å². The quantitative estimate of drug-likeness (QED) is 0.843. The maximum absolute atomic E-state index is 13.0. The lowest BCUT2D eigenvalue weighted by Gasteiger charge is -2.19. The van der Waals surface area contributed by atoms with Gasteiger partial charge in [-0.05, 0) is 31.5 Å². The average molecular weight is 304 g/mol. The summed E-state index contributed by atoms with van der Waals surface area (Å²) in [5.74, 6) is 0. The zero-order valence-electron chi connectivity index (χ0n) is 10.8. The van der Waals surface area contributed by atoms with E-state index in [0.29, 0.717) is 12.3 Å². The molecular formula is C13H15F3N2OS. The number of halogens is 3. The van der Waals surface area contributed by atoms with Crippen molar-refractivity contribution < 1.29 is 17.9 Å². The Morgan fingerprint density at radius 2 is 2.15 bits per heavy atom. The molecule has 0 saturated carbocycles. The molecule has 2 rings (SSSR count). The minimum absolute atomic E-state index is 0.00626. The first-order valence-corrected chi connectivity index (χ1v) is 6.59. The molecule has 0 amide bonds. The zero-order chi connectivity index (χ0) is 14.9. The summed E-state index contributed by atoms with van der Waals surface area (Å²) in [5.41, 5.74) is 4.75. The van der Waals surface area contributed by atoms with Crippen molar-refractivity contribution in [3.63, 3.8) is 0 Å². The molecule has 0 aliphatic carbocycles. The zero-order valence-corrected chi connectivity index (χ0v) is 11.6. The number of anilines is 1. The van der Waals surface area contributed by atoms with Gasteiger partial charge in [-0.1, -0.05) is 12.2 Å². The molecule has 0 aromatic heterocycles. The number of alkyl halides is 3. The first-order chi connectivity index (χ1) is 9.29. The van der Waals surface area contributed by atoms with E-state index in [9.17, 15) is 13.2 Å². The van der Waals surface area contributed by atoms with Crippen molar-refractivity contribution in [3.8, 4) is 0 Å². The Morgan fingerprint density at radius 1 is 1.45 bits per heavy atom. The second kappa shape index (κ2) is 5.57. The molecule has 20 heavy (non-hydrogen) atoms. The van der Waals surface area contributed by atoms with Crippen molar-refractivity contribution in [3.05, 3.63) is 29.3 Å². The number of benzene rings is 1. The van der Waals surface area contributed by atoms with Crippen LogP contribution in [0.2, 0.25) is 0 Å². The van der Waals surface area contributed by atoms with Crippen LogP contribution >= 0.6 is 12.2 Å². The third-order valence-electron chi connectivity index (χ3n) is 3.32. The molecule has 3 nitrogen and oxygen atoms in total. The Kier molecular flexibility index (Phi) is 4.19. The smallest absolute Gasteiger partial charge is 0.389 e. The molecule has 7 heteroatoms. The van der Waals surface area contributed by atoms with Gasteiger partial charge in [-0.25, -0.2) is 0 Å². The third-order valence-corrected chi connectivity index (χ3v) is 3.54. The molecule has 110 valence electrons. The summed E-state index contributed by atoms with van der Waals surface area (Å²) in [6, 6.07) is 3.90. The molecule has 3 N–H and O–H groups in total. The van der Waals surface area contributed by atoms with Crippen LogP contribution in [0.15, 0.2) is 18.2 Å². The summed E-state index contributed by atoms with van der Waals surface area (Å²) in [6.45, 7) is 2.49. The molecule has 1 fully saturated rings. The Balaban J connectivity index is 2.30. The number of hydrogen-bond acceptors (Lipinski definition) is 3. The molecule has 1 aliphatic heterocycles. The second-order valence-electron chi connectivity index (χ2n) is 4.74. The van der Waals surface area contributed by atoms with Crippen LogP contribution in [0.5, 0.6) is 0 Å². The molecule has 0 bridgehead atoms. The maximum Gasteiger partial charge on any atom is 0.417 e. The summed E-state index contributed by atoms with van der Waals surface area (Å²) in [6.07, 6.45) is -3.76. The predicted molar refractivity (Wildman–Crippen MR) is 74.8 cm³/mol. The summed E-state index contributed by atoms with van der Waals surface area (Å²) in [5, 5.41) is 3.06. The van der Waals surface area contributed by atoms with Gasteiger partial charge < -0.3 is 15.8 Å². The Bertz CT molecular complexity index is 519. The first-order valence-electron chi connectivity index (χ1n) is 6.18. The molecule has 2 unspecified atom stereocenters. The molecule has 1 aliphatic rings. The van der Waals surface area contributed by atoms with Crippen LogP contribution in [0.1, 0.15) is 24.5 Å². The van der Waals surface area contributed by atoms with Crippen LogP contribution in [0.3, 0.4) is 0 Å². The normalized spacial score (nSPS) is 22.8. The van der Waals surface area contributed by atoms with E-state index < -0.39 is 11.7 Å². The predicted octanol–water partition coefficient (Wildman–Crippen LogP) is 2.93.